The van der Waals surface area contributed by atoms with Gasteiger partial charge in [-0.2, -0.15) is 0 Å². The molecule has 140 valence electrons. The highest BCUT2D eigenvalue weighted by Crippen LogP contribution is 2.37. The Kier molecular flexibility index (Phi) is 4.71. The predicted molar refractivity (Wildman–Crippen MR) is 103 cm³/mol. The number of rotatable bonds is 5. The summed E-state index contributed by atoms with van der Waals surface area (Å²) in [7, 11) is 3.90. The van der Waals surface area contributed by atoms with Crippen molar-refractivity contribution in [3.8, 4) is 0 Å². The van der Waals surface area contributed by atoms with Crippen LogP contribution in [0, 0.1) is 5.82 Å². The van der Waals surface area contributed by atoms with Crippen LogP contribution >= 0.6 is 11.3 Å². The smallest absolute Gasteiger partial charge is 0.280 e. The molecule has 0 unspecified atom stereocenters. The Morgan fingerprint density at radius 2 is 2.22 bits per heavy atom. The minimum Gasteiger partial charge on any atom is -0.349 e. The normalized spacial score (nSPS) is 13.4. The molecule has 0 radical (unpaired) electrons. The van der Waals surface area contributed by atoms with Crippen molar-refractivity contribution in [2.24, 2.45) is 0 Å². The zero-order valence-corrected chi connectivity index (χ0v) is 15.9. The van der Waals surface area contributed by atoms with E-state index in [0.717, 1.165) is 24.2 Å². The molecule has 3 heterocycles. The highest BCUT2D eigenvalue weighted by Gasteiger charge is 2.25. The number of hydrogen-bond acceptors (Lipinski definition) is 7. The monoisotopic (exact) mass is 386 g/mol. The largest absolute Gasteiger partial charge is 0.349 e. The molecular weight excluding hydrogens is 367 g/mol. The molecule has 0 aliphatic carbocycles. The summed E-state index contributed by atoms with van der Waals surface area (Å²) in [6.07, 6.45) is 2.21. The molecule has 7 nitrogen and oxygen atoms in total. The molecule has 0 saturated heterocycles. The third-order valence-corrected chi connectivity index (χ3v) is 5.37. The highest BCUT2D eigenvalue weighted by molar-refractivity contribution is 7.19. The fourth-order valence-electron chi connectivity index (χ4n) is 3.10. The van der Waals surface area contributed by atoms with Gasteiger partial charge in [-0.3, -0.25) is 4.79 Å². The van der Waals surface area contributed by atoms with Crippen molar-refractivity contribution in [2.45, 2.75) is 6.42 Å². The van der Waals surface area contributed by atoms with E-state index in [1.54, 1.807) is 12.1 Å². The van der Waals surface area contributed by atoms with Crippen LogP contribution in [0.2, 0.25) is 0 Å². The lowest BCUT2D eigenvalue weighted by Crippen LogP contribution is -2.31. The predicted octanol–water partition coefficient (Wildman–Crippen LogP) is 2.21. The zero-order chi connectivity index (χ0) is 19.0. The Hall–Kier alpha value is -2.65. The van der Waals surface area contributed by atoms with E-state index in [0.29, 0.717) is 34.3 Å². The standard InChI is InChI=1S/C18H19FN6OS/c1-24(2)8-6-20-16(26)18-23-14-15(21-10-22-17(14)27-18)25-7-5-11-9-12(19)3-4-13(11)25/h3-4,9-10H,5-8H2,1-2H3,(H,20,26). The van der Waals surface area contributed by atoms with E-state index in [2.05, 4.69) is 20.3 Å². The fraction of sp³-hybridized carbons (Fsp3) is 0.333. The molecule has 1 aliphatic heterocycles. The number of hydrogen-bond donors (Lipinski definition) is 1. The minimum absolute atomic E-state index is 0.213. The number of likely N-dealkylation sites (N-methyl/N-ethyl adjacent to an activating group) is 1. The van der Waals surface area contributed by atoms with Gasteiger partial charge < -0.3 is 15.1 Å². The third-order valence-electron chi connectivity index (χ3n) is 4.41. The second-order valence-electron chi connectivity index (χ2n) is 6.60. The number of carbonyl (C=O) groups excluding carboxylic acids is 1. The van der Waals surface area contributed by atoms with Gasteiger partial charge in [-0.15, -0.1) is 0 Å². The molecule has 1 amide bonds. The lowest BCUT2D eigenvalue weighted by Gasteiger charge is -2.18. The Balaban J connectivity index is 1.64. The molecule has 0 fully saturated rings. The first-order valence-corrected chi connectivity index (χ1v) is 9.45. The lowest BCUT2D eigenvalue weighted by atomic mass is 10.2. The summed E-state index contributed by atoms with van der Waals surface area (Å²) in [6.45, 7) is 1.99. The van der Waals surface area contributed by atoms with Crippen LogP contribution in [0.5, 0.6) is 0 Å². The first kappa shape index (κ1) is 17.7. The second-order valence-corrected chi connectivity index (χ2v) is 7.58. The summed E-state index contributed by atoms with van der Waals surface area (Å²) in [4.78, 5) is 30.2. The van der Waals surface area contributed by atoms with E-state index < -0.39 is 0 Å². The Morgan fingerprint density at radius 3 is 3.04 bits per heavy atom. The van der Waals surface area contributed by atoms with Gasteiger partial charge >= 0.3 is 0 Å². The summed E-state index contributed by atoms with van der Waals surface area (Å²) >= 11 is 1.25. The summed E-state index contributed by atoms with van der Waals surface area (Å²) in [5, 5.41) is 3.23. The number of carbonyl (C=O) groups is 1. The second kappa shape index (κ2) is 7.16. The van der Waals surface area contributed by atoms with Crippen LogP contribution in [0.1, 0.15) is 15.4 Å². The van der Waals surface area contributed by atoms with Crippen molar-refractivity contribution in [1.82, 2.24) is 25.2 Å². The molecular formula is C18H19FN6OS. The maximum Gasteiger partial charge on any atom is 0.280 e. The summed E-state index contributed by atoms with van der Waals surface area (Å²) in [6, 6.07) is 4.76. The van der Waals surface area contributed by atoms with E-state index in [-0.39, 0.29) is 11.7 Å². The van der Waals surface area contributed by atoms with Crippen LogP contribution in [0.3, 0.4) is 0 Å². The van der Waals surface area contributed by atoms with Crippen LogP contribution in [-0.2, 0) is 6.42 Å². The van der Waals surface area contributed by atoms with Gasteiger partial charge in [0.05, 0.1) is 0 Å². The van der Waals surface area contributed by atoms with Crippen molar-refractivity contribution in [3.63, 3.8) is 0 Å². The maximum absolute atomic E-state index is 13.5. The van der Waals surface area contributed by atoms with Crippen LogP contribution in [0.25, 0.3) is 10.3 Å². The fourth-order valence-corrected chi connectivity index (χ4v) is 3.91. The Bertz CT molecular complexity index is 1000. The molecule has 1 aromatic carbocycles. The average Bonchev–Trinajstić information content (AvgIpc) is 3.24. The van der Waals surface area contributed by atoms with Crippen LogP contribution < -0.4 is 10.2 Å². The van der Waals surface area contributed by atoms with Crippen LogP contribution in [-0.4, -0.2) is 59.5 Å². The van der Waals surface area contributed by atoms with Crippen LogP contribution in [0.4, 0.5) is 15.9 Å². The van der Waals surface area contributed by atoms with Crippen molar-refractivity contribution >= 4 is 39.1 Å². The van der Waals surface area contributed by atoms with E-state index in [9.17, 15) is 9.18 Å². The van der Waals surface area contributed by atoms with Crippen LogP contribution in [0.15, 0.2) is 24.5 Å². The minimum atomic E-state index is -0.242. The van der Waals surface area contributed by atoms with E-state index in [4.69, 9.17) is 0 Å². The Labute approximate surface area is 159 Å². The van der Waals surface area contributed by atoms with Gasteiger partial charge in [-0.1, -0.05) is 11.3 Å². The molecule has 9 heteroatoms. The molecule has 2 aromatic heterocycles. The molecule has 1 N–H and O–H groups in total. The van der Waals surface area contributed by atoms with Gasteiger partial charge in [0.2, 0.25) is 0 Å². The average molecular weight is 386 g/mol. The van der Waals surface area contributed by atoms with Crippen molar-refractivity contribution in [3.05, 3.63) is 40.9 Å². The van der Waals surface area contributed by atoms with Gasteiger partial charge in [0.15, 0.2) is 10.8 Å². The van der Waals surface area contributed by atoms with Crippen molar-refractivity contribution in [2.75, 3.05) is 38.6 Å². The maximum atomic E-state index is 13.5. The number of benzene rings is 1. The lowest BCUT2D eigenvalue weighted by molar-refractivity contribution is 0.0951. The number of nitrogens with one attached hydrogen (secondary N) is 1. The van der Waals surface area contributed by atoms with Crippen molar-refractivity contribution < 1.29 is 9.18 Å². The number of halogens is 1. The molecule has 1 aliphatic rings. The number of thiazole rings is 1. The Morgan fingerprint density at radius 1 is 1.37 bits per heavy atom. The number of fused-ring (bicyclic) bond motifs is 2. The van der Waals surface area contributed by atoms with Gasteiger partial charge in [-0.05, 0) is 44.3 Å². The molecule has 0 bridgehead atoms. The number of amides is 1. The van der Waals surface area contributed by atoms with Gasteiger partial charge in [-0.25, -0.2) is 19.3 Å². The van der Waals surface area contributed by atoms with E-state index in [1.165, 1.54) is 23.7 Å². The highest BCUT2D eigenvalue weighted by atomic mass is 32.1. The molecule has 27 heavy (non-hydrogen) atoms. The van der Waals surface area contributed by atoms with Gasteiger partial charge in [0.1, 0.15) is 22.5 Å². The van der Waals surface area contributed by atoms with Gasteiger partial charge in [0.25, 0.3) is 5.91 Å². The molecule has 0 atom stereocenters. The molecule has 0 spiro atoms. The number of nitrogens with zero attached hydrogens (tertiary/aromatic N) is 5. The number of aromatic nitrogens is 3. The molecule has 3 aromatic rings. The number of anilines is 2. The topological polar surface area (TPSA) is 74.2 Å². The zero-order valence-electron chi connectivity index (χ0n) is 15.1. The SMILES string of the molecule is CN(C)CCNC(=O)c1nc2c(N3CCc4cc(F)ccc43)ncnc2s1. The van der Waals surface area contributed by atoms with E-state index >= 15 is 0 Å². The first-order valence-electron chi connectivity index (χ1n) is 8.63. The summed E-state index contributed by atoms with van der Waals surface area (Å²) in [5.41, 5.74) is 2.46. The quantitative estimate of drug-likeness (QED) is 0.725. The summed E-state index contributed by atoms with van der Waals surface area (Å²) < 4.78 is 13.5. The van der Waals surface area contributed by atoms with E-state index in [1.807, 2.05) is 23.9 Å². The summed E-state index contributed by atoms with van der Waals surface area (Å²) in [5.74, 6) is 0.192. The van der Waals surface area contributed by atoms with Crippen molar-refractivity contribution in [1.29, 1.82) is 0 Å². The first-order chi connectivity index (χ1) is 13.0. The molecule has 4 rings (SSSR count). The van der Waals surface area contributed by atoms with Gasteiger partial charge in [0, 0.05) is 25.3 Å². The third kappa shape index (κ3) is 3.47. The molecule has 0 saturated carbocycles.